The molecule has 0 aliphatic carbocycles. The number of nitrogens with zero attached hydrogens (tertiary/aromatic N) is 4. The van der Waals surface area contributed by atoms with Crippen molar-refractivity contribution in [3.63, 3.8) is 0 Å². The molecule has 0 radical (unpaired) electrons. The molecule has 0 bridgehead atoms. The summed E-state index contributed by atoms with van der Waals surface area (Å²) in [6.45, 7) is 3.95. The highest BCUT2D eigenvalue weighted by molar-refractivity contribution is 7.05. The van der Waals surface area contributed by atoms with Crippen molar-refractivity contribution in [2.24, 2.45) is 0 Å². The predicted octanol–water partition coefficient (Wildman–Crippen LogP) is 5.03. The molecule has 5 nitrogen and oxygen atoms in total. The van der Waals surface area contributed by atoms with Crippen molar-refractivity contribution in [1.82, 2.24) is 18.7 Å². The minimum atomic E-state index is -1.48. The zero-order valence-corrected chi connectivity index (χ0v) is 18.0. The zero-order chi connectivity index (χ0) is 17.0. The Morgan fingerprint density at radius 3 is 1.17 bits per heavy atom. The molecule has 0 aliphatic rings. The first-order valence-electron chi connectivity index (χ1n) is 5.87. The van der Waals surface area contributed by atoms with Crippen molar-refractivity contribution in [1.29, 1.82) is 0 Å². The molecule has 132 valence electrons. The summed E-state index contributed by atoms with van der Waals surface area (Å²) in [5, 5.41) is 1.76. The predicted molar refractivity (Wildman–Crippen MR) is 101 cm³/mol. The normalized spacial score (nSPS) is 11.5. The summed E-state index contributed by atoms with van der Waals surface area (Å²) in [4.78, 5) is 8.02. The molecular formula is C10H12Cl6N4OS2. The molecule has 0 unspecified atom stereocenters. The van der Waals surface area contributed by atoms with E-state index in [0.29, 0.717) is 0 Å². The SMILES string of the molecule is CCc1nc(C(Cl)(Cl)Cl)ns1.CCc1nc(C(Cl)(Cl)Cl)ns1.O. The Bertz CT molecular complexity index is 542. The molecule has 2 aromatic rings. The van der Waals surface area contributed by atoms with E-state index >= 15 is 0 Å². The van der Waals surface area contributed by atoms with Crippen molar-refractivity contribution in [2.45, 2.75) is 34.3 Å². The van der Waals surface area contributed by atoms with E-state index in [-0.39, 0.29) is 17.1 Å². The second kappa shape index (κ2) is 10.1. The van der Waals surface area contributed by atoms with Crippen LogP contribution in [0.3, 0.4) is 0 Å². The Hall–Kier alpha value is 0.820. The molecule has 0 fully saturated rings. The first-order valence-corrected chi connectivity index (χ1v) is 9.68. The fraction of sp³-hybridized carbons (Fsp3) is 0.600. The van der Waals surface area contributed by atoms with Crippen LogP contribution in [0.5, 0.6) is 0 Å². The molecule has 0 atom stereocenters. The Kier molecular flexibility index (Phi) is 10.4. The smallest absolute Gasteiger partial charge is 0.251 e. The second-order valence-corrected chi connectivity index (χ2v) is 9.96. The van der Waals surface area contributed by atoms with E-state index < -0.39 is 7.59 Å². The van der Waals surface area contributed by atoms with Gasteiger partial charge in [-0.05, 0) is 35.9 Å². The van der Waals surface area contributed by atoms with Crippen LogP contribution in [0.2, 0.25) is 0 Å². The standard InChI is InChI=1S/2C5H5Cl3N2S.H2O/c2*1-2-3-9-4(10-11-3)5(6,7)8;/h2*2H2,1H3;1H2. The molecule has 0 amide bonds. The van der Waals surface area contributed by atoms with Crippen LogP contribution >= 0.6 is 92.7 Å². The zero-order valence-electron chi connectivity index (χ0n) is 11.8. The van der Waals surface area contributed by atoms with Gasteiger partial charge in [0, 0.05) is 0 Å². The Morgan fingerprint density at radius 2 is 1.04 bits per heavy atom. The fourth-order valence-corrected chi connectivity index (χ4v) is 3.09. The van der Waals surface area contributed by atoms with Gasteiger partial charge < -0.3 is 5.48 Å². The quantitative estimate of drug-likeness (QED) is 0.564. The highest BCUT2D eigenvalue weighted by Gasteiger charge is 2.28. The molecule has 0 spiro atoms. The lowest BCUT2D eigenvalue weighted by Gasteiger charge is -2.02. The maximum atomic E-state index is 5.54. The van der Waals surface area contributed by atoms with Crippen molar-refractivity contribution < 1.29 is 5.48 Å². The monoisotopic (exact) mass is 478 g/mol. The molecule has 13 heteroatoms. The molecule has 0 saturated carbocycles. The van der Waals surface area contributed by atoms with Crippen LogP contribution in [0.15, 0.2) is 0 Å². The number of rotatable bonds is 2. The summed E-state index contributed by atoms with van der Waals surface area (Å²) in [7, 11) is 0. The topological polar surface area (TPSA) is 83.1 Å². The summed E-state index contributed by atoms with van der Waals surface area (Å²) in [5.74, 6) is 0.536. The molecule has 2 N–H and O–H groups in total. The van der Waals surface area contributed by atoms with E-state index in [0.717, 1.165) is 22.9 Å². The minimum absolute atomic E-state index is 0. The van der Waals surface area contributed by atoms with Crippen LogP contribution in [0, 0.1) is 0 Å². The van der Waals surface area contributed by atoms with E-state index in [1.807, 2.05) is 13.8 Å². The lowest BCUT2D eigenvalue weighted by Crippen LogP contribution is -2.02. The van der Waals surface area contributed by atoms with Gasteiger partial charge in [0.2, 0.25) is 0 Å². The minimum Gasteiger partial charge on any atom is -0.412 e. The second-order valence-electron chi connectivity index (χ2n) is 3.73. The number of halogens is 6. The third-order valence-electron chi connectivity index (χ3n) is 2.05. The van der Waals surface area contributed by atoms with E-state index in [4.69, 9.17) is 69.6 Å². The van der Waals surface area contributed by atoms with Crippen molar-refractivity contribution in [3.05, 3.63) is 21.7 Å². The van der Waals surface area contributed by atoms with Crippen LogP contribution in [-0.4, -0.2) is 24.2 Å². The van der Waals surface area contributed by atoms with Gasteiger partial charge in [-0.2, -0.15) is 8.75 Å². The van der Waals surface area contributed by atoms with Crippen LogP contribution in [0.25, 0.3) is 0 Å². The lowest BCUT2D eigenvalue weighted by molar-refractivity contribution is 0.824. The first-order chi connectivity index (χ1) is 10.1. The summed E-state index contributed by atoms with van der Waals surface area (Å²) in [6.07, 6.45) is 1.64. The average Bonchev–Trinajstić information content (AvgIpc) is 3.07. The van der Waals surface area contributed by atoms with Gasteiger partial charge in [0.15, 0.2) is 11.6 Å². The molecule has 2 heterocycles. The Balaban J connectivity index is 0.000000403. The van der Waals surface area contributed by atoms with Gasteiger partial charge in [-0.15, -0.1) is 0 Å². The first kappa shape index (κ1) is 23.8. The Labute approximate surface area is 171 Å². The summed E-state index contributed by atoms with van der Waals surface area (Å²) < 4.78 is 4.82. The van der Waals surface area contributed by atoms with Gasteiger partial charge in [-0.25, -0.2) is 9.97 Å². The molecular weight excluding hydrogens is 469 g/mol. The molecule has 2 rings (SSSR count). The largest absolute Gasteiger partial charge is 0.412 e. The van der Waals surface area contributed by atoms with Crippen LogP contribution in [-0.2, 0) is 20.4 Å². The molecule has 23 heavy (non-hydrogen) atoms. The average molecular weight is 481 g/mol. The van der Waals surface area contributed by atoms with E-state index in [9.17, 15) is 0 Å². The third-order valence-corrected chi connectivity index (χ3v) is 4.77. The van der Waals surface area contributed by atoms with Gasteiger partial charge in [-0.3, -0.25) is 0 Å². The highest BCUT2D eigenvalue weighted by atomic mass is 35.6. The van der Waals surface area contributed by atoms with Crippen LogP contribution < -0.4 is 0 Å². The number of hydrogen-bond donors (Lipinski definition) is 0. The molecule has 0 saturated heterocycles. The number of hydrogen-bond acceptors (Lipinski definition) is 6. The fourth-order valence-electron chi connectivity index (χ4n) is 1.03. The van der Waals surface area contributed by atoms with Gasteiger partial charge in [0.25, 0.3) is 7.59 Å². The number of aromatic nitrogens is 4. The van der Waals surface area contributed by atoms with Crippen LogP contribution in [0.4, 0.5) is 0 Å². The summed E-state index contributed by atoms with van der Waals surface area (Å²) >= 11 is 35.8. The van der Waals surface area contributed by atoms with E-state index in [1.54, 1.807) is 0 Å². The van der Waals surface area contributed by atoms with Crippen molar-refractivity contribution >= 4 is 92.7 Å². The lowest BCUT2D eigenvalue weighted by atomic mass is 10.5. The van der Waals surface area contributed by atoms with Gasteiger partial charge in [0.1, 0.15) is 10.0 Å². The Morgan fingerprint density at radius 1 is 0.739 bits per heavy atom. The van der Waals surface area contributed by atoms with Crippen molar-refractivity contribution in [2.75, 3.05) is 0 Å². The van der Waals surface area contributed by atoms with Crippen LogP contribution in [0.1, 0.15) is 35.5 Å². The summed E-state index contributed by atoms with van der Waals surface area (Å²) in [5.41, 5.74) is 0. The van der Waals surface area contributed by atoms with E-state index in [1.165, 1.54) is 23.1 Å². The van der Waals surface area contributed by atoms with Gasteiger partial charge in [-0.1, -0.05) is 83.5 Å². The summed E-state index contributed by atoms with van der Waals surface area (Å²) in [6, 6.07) is 0. The van der Waals surface area contributed by atoms with Gasteiger partial charge in [0.05, 0.1) is 0 Å². The van der Waals surface area contributed by atoms with E-state index in [2.05, 4.69) is 18.7 Å². The molecule has 0 aromatic carbocycles. The molecule has 2 aromatic heterocycles. The number of aryl methyl sites for hydroxylation is 2. The number of alkyl halides is 6. The maximum absolute atomic E-state index is 5.54. The third kappa shape index (κ3) is 8.16. The highest BCUT2D eigenvalue weighted by Crippen LogP contribution is 2.37. The maximum Gasteiger partial charge on any atom is 0.251 e. The molecule has 0 aliphatic heterocycles. The van der Waals surface area contributed by atoms with Crippen molar-refractivity contribution in [3.8, 4) is 0 Å². The van der Waals surface area contributed by atoms with Gasteiger partial charge >= 0.3 is 0 Å².